The smallest absolute Gasteiger partial charge is 0.164 e. The minimum absolute atomic E-state index is 0. The maximum absolute atomic E-state index is 11.8. The maximum atomic E-state index is 11.8. The molecule has 0 bridgehead atoms. The van der Waals surface area contributed by atoms with Crippen LogP contribution in [0.5, 0.6) is 0 Å². The molecule has 0 unspecified atom stereocenters. The summed E-state index contributed by atoms with van der Waals surface area (Å²) < 4.78 is 0. The first-order valence-corrected chi connectivity index (χ1v) is 69.0. The van der Waals surface area contributed by atoms with Gasteiger partial charge in [0.2, 0.25) is 0 Å². The van der Waals surface area contributed by atoms with Crippen LogP contribution in [0, 0.1) is 78.9 Å². The molecule has 0 aliphatic heterocycles. The van der Waals surface area contributed by atoms with Gasteiger partial charge in [0.15, 0.2) is 17.3 Å². The number of aromatic nitrogens is 3. The standard InChI is InChI=1S/C29H34NSi2.2C28H32NSi2.C13H24O2.C11H20O2.C10H18O2.3Ir/c1-20-16-23(17-21(2)29(20)32(6,7)8)28-19-25(22-12-10-9-11-13-22)26-18-24(31(3,4)5)14-15-27(26)30-28;2*1-20-15-22(17-24(16-20)31(5,6)7)28-19-25(21-11-9-8-10-12-21)26-18-23(30(2,3)4)13-14-27(26)29-28;1-7-12(3,4)10(14)9-11(15)13(5,6)8-2;1-10(2,3)8(12)7-9(13)11(4,5)6;1-7(2)8(11)6-9(12)10(3,4)5;;;/h9-16,18-19H,1-8H3;2*8-14,16-19H,1-7H3;9,14H,7-8H2,1-6H3;7,12H,1-6H3;6-7,11H,1-5H3;;;/q3*-1;;;;;;. The van der Waals surface area contributed by atoms with Crippen LogP contribution in [0.25, 0.3) is 99.9 Å². The summed E-state index contributed by atoms with van der Waals surface area (Å²) in [5.41, 5.74) is 20.1. The van der Waals surface area contributed by atoms with Gasteiger partial charge in [-0.1, -0.05) is 424 Å². The first kappa shape index (κ1) is 121. The summed E-state index contributed by atoms with van der Waals surface area (Å²) in [6.07, 6.45) is 5.65. The molecule has 0 fully saturated rings. The van der Waals surface area contributed by atoms with Crippen molar-refractivity contribution in [3.8, 4) is 67.2 Å². The Hall–Kier alpha value is -7.91. The largest absolute Gasteiger partial charge is 0.512 e. The van der Waals surface area contributed by atoms with Gasteiger partial charge in [-0.25, -0.2) is 0 Å². The fourth-order valence-corrected chi connectivity index (χ4v) is 23.1. The second kappa shape index (κ2) is 48.7. The van der Waals surface area contributed by atoms with Crippen molar-refractivity contribution < 1.29 is 90.0 Å². The minimum Gasteiger partial charge on any atom is -0.512 e. The van der Waals surface area contributed by atoms with Crippen molar-refractivity contribution in [2.24, 2.45) is 33.0 Å². The van der Waals surface area contributed by atoms with E-state index in [1.165, 1.54) is 121 Å². The van der Waals surface area contributed by atoms with Gasteiger partial charge >= 0.3 is 0 Å². The number of aliphatic hydroxyl groups excluding tert-OH is 3. The monoisotopic (exact) mass is 2470 g/mol. The van der Waals surface area contributed by atoms with Gasteiger partial charge in [-0.2, -0.15) is 0 Å². The van der Waals surface area contributed by atoms with Crippen LogP contribution in [-0.4, -0.2) is 96.1 Å². The van der Waals surface area contributed by atoms with E-state index < -0.39 is 59.3 Å². The number of fused-ring (bicyclic) bond motifs is 3. The van der Waals surface area contributed by atoms with E-state index in [9.17, 15) is 29.7 Å². The van der Waals surface area contributed by atoms with E-state index in [0.29, 0.717) is 0 Å². The Morgan fingerprint density at radius 3 is 0.891 bits per heavy atom. The van der Waals surface area contributed by atoms with Gasteiger partial charge in [-0.15, -0.1) is 103 Å². The molecule has 12 rings (SSSR count). The summed E-state index contributed by atoms with van der Waals surface area (Å²) in [6.45, 7) is 83.9. The van der Waals surface area contributed by atoms with Gasteiger partial charge in [0.25, 0.3) is 0 Å². The second-order valence-electron chi connectivity index (χ2n) is 47.4. The van der Waals surface area contributed by atoms with Crippen LogP contribution >= 0.6 is 0 Å². The third-order valence-electron chi connectivity index (χ3n) is 24.8. The molecule has 0 saturated heterocycles. The zero-order chi connectivity index (χ0) is 101. The number of carbonyl (C=O) groups excluding carboxylic acids is 3. The SMILES string of the molecule is CC(C)(C)C(=O)C=C(O)C(C)(C)C.CC(C)C(O)=CC(=O)C(C)(C)C.CCC(C)(C)C(=O)C=C(O)C(C)(C)CC.Cc1[c-]c(-c2cc(-c3ccccc3)c3cc([Si](C)(C)C)ccc3n2)cc(C)c1[Si](C)(C)C.Cc1[c-]c(-c2cc(-c3ccccc3)c3cc([Si](C)(C)C)ccc3n2)cc([Si](C)(C)C)c1.Cc1[c-]c(-c2cc(-c3ccccc3)c3cc([Si](C)(C)C)ccc3n2)cc([Si](C)(C)C)c1.[Ir].[Ir].[Ir]. The van der Waals surface area contributed by atoms with Crippen molar-refractivity contribution in [1.29, 1.82) is 0 Å². The van der Waals surface area contributed by atoms with Crippen LogP contribution in [0.15, 0.2) is 230 Å². The zero-order valence-corrected chi connectivity index (χ0v) is 103. The third-order valence-corrected chi connectivity index (χ3v) is 37.3. The molecule has 12 aromatic rings. The van der Waals surface area contributed by atoms with Gasteiger partial charge in [0, 0.05) is 136 Å². The summed E-state index contributed by atoms with van der Waals surface area (Å²) in [7, 11) is -8.54. The molecular weight excluding hydrogens is 2310 g/mol. The average Bonchev–Trinajstić information content (AvgIpc) is 0.793. The molecule has 137 heavy (non-hydrogen) atoms. The number of rotatable bonds is 20. The number of pyridine rings is 3. The van der Waals surface area contributed by atoms with Crippen LogP contribution in [0.3, 0.4) is 0 Å². The number of carbonyl (C=O) groups is 3. The molecule has 9 aromatic carbocycles. The van der Waals surface area contributed by atoms with Crippen LogP contribution in [0.4, 0.5) is 0 Å². The number of hydrogen-bond donors (Lipinski definition) is 3. The summed E-state index contributed by atoms with van der Waals surface area (Å²) in [5, 5.41) is 41.3. The Balaban J connectivity index is 0.000000357. The molecule has 18 heteroatoms. The number of ketones is 3. The van der Waals surface area contributed by atoms with E-state index in [2.05, 4.69) is 358 Å². The van der Waals surface area contributed by atoms with E-state index in [-0.39, 0.29) is 117 Å². The van der Waals surface area contributed by atoms with Crippen molar-refractivity contribution >= 4 is 130 Å². The first-order chi connectivity index (χ1) is 61.5. The molecule has 3 aromatic heterocycles. The normalized spacial score (nSPS) is 12.6. The third kappa shape index (κ3) is 34.5. The van der Waals surface area contributed by atoms with Crippen LogP contribution in [-0.2, 0) is 74.7 Å². The molecule has 3 N–H and O–H groups in total. The fraction of sp³-hybridized carbons (Fsp3) is 0.395. The van der Waals surface area contributed by atoms with Gasteiger partial charge < -0.3 is 15.3 Å². The molecule has 0 spiro atoms. The fourth-order valence-electron chi connectivity index (χ4n) is 14.8. The summed E-state index contributed by atoms with van der Waals surface area (Å²) in [5.74, 6) is 0.452. The van der Waals surface area contributed by atoms with Gasteiger partial charge in [0.05, 0.1) is 62.7 Å². The van der Waals surface area contributed by atoms with Crippen molar-refractivity contribution in [3.05, 3.63) is 270 Å². The molecule has 3 heterocycles. The quantitative estimate of drug-likeness (QED) is 0.0293. The predicted octanol–water partition coefficient (Wildman–Crippen LogP) is 30.3. The number of aliphatic hydroxyl groups is 3. The average molecular weight is 2470 g/mol. The Morgan fingerprint density at radius 1 is 0.336 bits per heavy atom. The zero-order valence-electron chi connectivity index (χ0n) is 90.1. The topological polar surface area (TPSA) is 151 Å². The van der Waals surface area contributed by atoms with Gasteiger partial charge in [-0.3, -0.25) is 29.3 Å². The van der Waals surface area contributed by atoms with Crippen molar-refractivity contribution in [1.82, 2.24) is 15.0 Å². The van der Waals surface area contributed by atoms with E-state index in [1.807, 2.05) is 118 Å². The molecule has 0 aliphatic carbocycles. The van der Waals surface area contributed by atoms with Gasteiger partial charge in [-0.05, 0) is 81.5 Å². The number of nitrogens with zero attached hydrogens (tertiary/aromatic N) is 3. The molecule has 0 amide bonds. The summed E-state index contributed by atoms with van der Waals surface area (Å²) in [6, 6.07) is 82.0. The number of aryl methyl sites for hydroxylation is 4. The van der Waals surface area contributed by atoms with Crippen LogP contribution < -0.4 is 31.1 Å². The van der Waals surface area contributed by atoms with E-state index in [4.69, 9.17) is 15.0 Å². The molecule has 0 aliphatic rings. The Kier molecular flexibility index (Phi) is 43.2. The van der Waals surface area contributed by atoms with Crippen LogP contribution in [0.2, 0.25) is 118 Å². The number of hydrogen-bond acceptors (Lipinski definition) is 9. The Morgan fingerprint density at radius 2 is 0.628 bits per heavy atom. The van der Waals surface area contributed by atoms with Crippen LogP contribution in [0.1, 0.15) is 153 Å². The maximum Gasteiger partial charge on any atom is 0.164 e. The molecule has 9 nitrogen and oxygen atoms in total. The Labute approximate surface area is 873 Å². The summed E-state index contributed by atoms with van der Waals surface area (Å²) in [4.78, 5) is 50.0. The van der Waals surface area contributed by atoms with Crippen molar-refractivity contribution in [2.75, 3.05) is 0 Å². The van der Waals surface area contributed by atoms with E-state index >= 15 is 0 Å². The number of allylic oxidation sites excluding steroid dienone is 6. The minimum atomic E-state index is -1.43. The van der Waals surface area contributed by atoms with Crippen molar-refractivity contribution in [2.45, 2.75) is 276 Å². The summed E-state index contributed by atoms with van der Waals surface area (Å²) >= 11 is 0. The van der Waals surface area contributed by atoms with Gasteiger partial charge in [0.1, 0.15) is 11.5 Å². The Bertz CT molecular complexity index is 6030. The second-order valence-corrected chi connectivity index (χ2v) is 77.7. The predicted molar refractivity (Wildman–Crippen MR) is 600 cm³/mol. The number of benzene rings is 9. The van der Waals surface area contributed by atoms with Crippen molar-refractivity contribution in [3.63, 3.8) is 0 Å². The first-order valence-electron chi connectivity index (χ1n) is 48.0. The molecule has 741 valence electrons. The van der Waals surface area contributed by atoms with E-state index in [1.54, 1.807) is 0 Å². The van der Waals surface area contributed by atoms with E-state index in [0.717, 1.165) is 63.2 Å². The molecular formula is C119H160Ir3N3O6Si6-3. The molecule has 3 radical (unpaired) electrons. The molecule has 0 atom stereocenters. The molecule has 0 saturated carbocycles.